The van der Waals surface area contributed by atoms with Crippen LogP contribution in [-0.4, -0.2) is 27.8 Å². The Kier molecular flexibility index (Phi) is 3.20. The molecule has 0 unspecified atom stereocenters. The van der Waals surface area contributed by atoms with Gasteiger partial charge in [-0.05, 0) is 24.1 Å². The Bertz CT molecular complexity index is 648. The van der Waals surface area contributed by atoms with E-state index in [1.165, 1.54) is 5.01 Å². The molecule has 0 saturated carbocycles. The summed E-state index contributed by atoms with van der Waals surface area (Å²) in [5.41, 5.74) is 1.85. The van der Waals surface area contributed by atoms with Crippen molar-refractivity contribution in [2.45, 2.75) is 25.8 Å². The molecule has 5 nitrogen and oxygen atoms in total. The third kappa shape index (κ3) is 1.97. The maximum atomic E-state index is 12.0. The van der Waals surface area contributed by atoms with E-state index in [0.29, 0.717) is 31.4 Å². The van der Waals surface area contributed by atoms with Crippen LogP contribution in [0.2, 0.25) is 0 Å². The Morgan fingerprint density at radius 1 is 1.15 bits per heavy atom. The Labute approximate surface area is 123 Å². The number of imide groups is 1. The van der Waals surface area contributed by atoms with Gasteiger partial charge >= 0.3 is 0 Å². The summed E-state index contributed by atoms with van der Waals surface area (Å²) in [6.45, 7) is 0.338. The van der Waals surface area contributed by atoms with Gasteiger partial charge in [0, 0.05) is 22.9 Å². The molecule has 0 N–H and O–H groups in total. The molecule has 1 aromatic rings. The summed E-state index contributed by atoms with van der Waals surface area (Å²) in [5.74, 6) is 1.34. The Morgan fingerprint density at radius 2 is 1.85 bits per heavy atom. The van der Waals surface area contributed by atoms with E-state index < -0.39 is 0 Å². The summed E-state index contributed by atoms with van der Waals surface area (Å²) in [7, 11) is 0. The van der Waals surface area contributed by atoms with Crippen molar-refractivity contribution in [3.8, 4) is 0 Å². The lowest BCUT2D eigenvalue weighted by molar-refractivity contribution is -0.162. The topological polar surface area (TPSA) is 57.7 Å². The SMILES string of the molecule is O=C=C1c2cc(Br)ccc2CN1N1C(=O)CCCC1=O. The molecule has 2 amide bonds. The van der Waals surface area contributed by atoms with E-state index in [-0.39, 0.29) is 17.5 Å². The van der Waals surface area contributed by atoms with Gasteiger partial charge in [-0.3, -0.25) is 14.6 Å². The number of amides is 2. The van der Waals surface area contributed by atoms with Crippen LogP contribution in [0.25, 0.3) is 5.70 Å². The fourth-order valence-corrected chi connectivity index (χ4v) is 2.94. The van der Waals surface area contributed by atoms with Crippen LogP contribution in [0, 0.1) is 0 Å². The van der Waals surface area contributed by atoms with Crippen molar-refractivity contribution < 1.29 is 14.4 Å². The van der Waals surface area contributed by atoms with Crippen molar-refractivity contribution in [3.63, 3.8) is 0 Å². The van der Waals surface area contributed by atoms with Gasteiger partial charge in [0.05, 0.1) is 6.54 Å². The van der Waals surface area contributed by atoms with Crippen LogP contribution >= 0.6 is 15.9 Å². The number of halogens is 1. The number of fused-ring (bicyclic) bond motifs is 1. The highest BCUT2D eigenvalue weighted by Gasteiger charge is 2.37. The number of benzene rings is 1. The Hall–Kier alpha value is -1.91. The highest BCUT2D eigenvalue weighted by Crippen LogP contribution is 2.35. The quantitative estimate of drug-likeness (QED) is 0.581. The molecule has 2 aliphatic rings. The van der Waals surface area contributed by atoms with Gasteiger partial charge in [0.2, 0.25) is 11.8 Å². The average molecular weight is 335 g/mol. The average Bonchev–Trinajstić information content (AvgIpc) is 2.76. The summed E-state index contributed by atoms with van der Waals surface area (Å²) in [6, 6.07) is 5.54. The molecular formula is C14H11BrN2O3. The van der Waals surface area contributed by atoms with Gasteiger partial charge in [0.25, 0.3) is 0 Å². The summed E-state index contributed by atoms with van der Waals surface area (Å²) in [5, 5.41) is 2.53. The second kappa shape index (κ2) is 4.89. The number of carbonyl (C=O) groups excluding carboxylic acids is 3. The minimum Gasteiger partial charge on any atom is -0.273 e. The van der Waals surface area contributed by atoms with Crippen molar-refractivity contribution in [2.75, 3.05) is 0 Å². The van der Waals surface area contributed by atoms with E-state index in [4.69, 9.17) is 0 Å². The van der Waals surface area contributed by atoms with Gasteiger partial charge in [-0.2, -0.15) is 5.01 Å². The van der Waals surface area contributed by atoms with Crippen LogP contribution in [0.3, 0.4) is 0 Å². The van der Waals surface area contributed by atoms with Crippen LogP contribution < -0.4 is 0 Å². The zero-order valence-corrected chi connectivity index (χ0v) is 12.1. The summed E-state index contributed by atoms with van der Waals surface area (Å²) >= 11 is 3.35. The smallest absolute Gasteiger partial charge is 0.248 e. The number of hydrazine groups is 1. The second-order valence-electron chi connectivity index (χ2n) is 4.76. The number of carbonyl (C=O) groups is 2. The fraction of sp³-hybridized carbons (Fsp3) is 0.286. The maximum Gasteiger partial charge on any atom is 0.248 e. The highest BCUT2D eigenvalue weighted by molar-refractivity contribution is 9.10. The first kappa shape index (κ1) is 13.1. The van der Waals surface area contributed by atoms with Gasteiger partial charge in [-0.15, -0.1) is 0 Å². The molecular weight excluding hydrogens is 324 g/mol. The summed E-state index contributed by atoms with van der Waals surface area (Å²) in [4.78, 5) is 35.2. The minimum absolute atomic E-state index is 0.241. The van der Waals surface area contributed by atoms with E-state index >= 15 is 0 Å². The molecule has 6 heteroatoms. The molecule has 0 atom stereocenters. The normalized spacial score (nSPS) is 18.4. The molecule has 0 aliphatic carbocycles. The van der Waals surface area contributed by atoms with E-state index in [0.717, 1.165) is 15.0 Å². The molecule has 0 radical (unpaired) electrons. The van der Waals surface area contributed by atoms with Crippen molar-refractivity contribution in [2.24, 2.45) is 0 Å². The predicted octanol–water partition coefficient (Wildman–Crippen LogP) is 1.89. The molecule has 102 valence electrons. The molecule has 2 heterocycles. The van der Waals surface area contributed by atoms with Crippen LogP contribution in [0.5, 0.6) is 0 Å². The standard InChI is InChI=1S/C14H11BrN2O3/c15-10-5-4-9-7-16(12(8-18)11(9)6-10)17-13(19)2-1-3-14(17)20/h4-6H,1-3,7H2. The van der Waals surface area contributed by atoms with Crippen molar-refractivity contribution in [1.82, 2.24) is 10.0 Å². The lowest BCUT2D eigenvalue weighted by Crippen LogP contribution is -2.49. The first-order valence-corrected chi connectivity index (χ1v) is 7.08. The molecule has 0 aromatic heterocycles. The Balaban J connectivity index is 2.03. The van der Waals surface area contributed by atoms with Crippen LogP contribution in [0.1, 0.15) is 30.4 Å². The predicted molar refractivity (Wildman–Crippen MR) is 74.5 cm³/mol. The maximum absolute atomic E-state index is 12.0. The van der Waals surface area contributed by atoms with Crippen LogP contribution in [0.15, 0.2) is 22.7 Å². The minimum atomic E-state index is -0.263. The number of hydrogen-bond acceptors (Lipinski definition) is 4. The molecule has 2 aliphatic heterocycles. The molecule has 0 spiro atoms. The molecule has 1 saturated heterocycles. The fourth-order valence-electron chi connectivity index (χ4n) is 2.58. The van der Waals surface area contributed by atoms with Gasteiger partial charge in [-0.1, -0.05) is 22.0 Å². The van der Waals surface area contributed by atoms with Crippen LogP contribution in [0.4, 0.5) is 0 Å². The number of piperidine rings is 1. The largest absolute Gasteiger partial charge is 0.273 e. The lowest BCUT2D eigenvalue weighted by atomic mass is 10.1. The zero-order valence-electron chi connectivity index (χ0n) is 10.6. The molecule has 1 aromatic carbocycles. The van der Waals surface area contributed by atoms with E-state index in [9.17, 15) is 14.4 Å². The number of nitrogens with zero attached hydrogens (tertiary/aromatic N) is 2. The third-order valence-electron chi connectivity index (χ3n) is 3.50. The molecule has 1 fully saturated rings. The Morgan fingerprint density at radius 3 is 2.50 bits per heavy atom. The first-order chi connectivity index (χ1) is 9.61. The van der Waals surface area contributed by atoms with E-state index in [1.54, 1.807) is 6.07 Å². The van der Waals surface area contributed by atoms with Gasteiger partial charge in [0.1, 0.15) is 5.70 Å². The molecule has 0 bridgehead atoms. The first-order valence-electron chi connectivity index (χ1n) is 6.29. The lowest BCUT2D eigenvalue weighted by Gasteiger charge is -2.33. The summed E-state index contributed by atoms with van der Waals surface area (Å²) in [6.07, 6.45) is 1.23. The molecule has 20 heavy (non-hydrogen) atoms. The van der Waals surface area contributed by atoms with E-state index in [2.05, 4.69) is 15.9 Å². The van der Waals surface area contributed by atoms with Crippen molar-refractivity contribution >= 4 is 39.4 Å². The second-order valence-corrected chi connectivity index (χ2v) is 5.68. The van der Waals surface area contributed by atoms with Gasteiger partial charge < -0.3 is 0 Å². The number of rotatable bonds is 1. The van der Waals surface area contributed by atoms with Crippen LogP contribution in [-0.2, 0) is 20.9 Å². The zero-order chi connectivity index (χ0) is 14.3. The molecule has 3 rings (SSSR count). The van der Waals surface area contributed by atoms with Crippen molar-refractivity contribution in [3.05, 3.63) is 33.8 Å². The monoisotopic (exact) mass is 334 g/mol. The van der Waals surface area contributed by atoms with E-state index in [1.807, 2.05) is 18.1 Å². The summed E-state index contributed by atoms with van der Waals surface area (Å²) < 4.78 is 0.835. The number of hydrogen-bond donors (Lipinski definition) is 0. The highest BCUT2D eigenvalue weighted by atomic mass is 79.9. The van der Waals surface area contributed by atoms with Crippen molar-refractivity contribution in [1.29, 1.82) is 0 Å². The van der Waals surface area contributed by atoms with Gasteiger partial charge in [-0.25, -0.2) is 4.79 Å². The van der Waals surface area contributed by atoms with Gasteiger partial charge in [0.15, 0.2) is 5.94 Å². The third-order valence-corrected chi connectivity index (χ3v) is 3.99.